The van der Waals surface area contributed by atoms with Crippen LogP contribution >= 0.6 is 0 Å². The second kappa shape index (κ2) is 8.56. The zero-order valence-electron chi connectivity index (χ0n) is 15.9. The Morgan fingerprint density at radius 3 is 2.75 bits per heavy atom. The Balaban J connectivity index is 1.71. The van der Waals surface area contributed by atoms with E-state index in [9.17, 15) is 14.4 Å². The molecule has 0 radical (unpaired) electrons. The second-order valence-electron chi connectivity index (χ2n) is 6.52. The van der Waals surface area contributed by atoms with E-state index in [1.807, 2.05) is 25.1 Å². The highest BCUT2D eigenvalue weighted by atomic mass is 16.5. The number of carbonyl (C=O) groups excluding carboxylic acids is 3. The average molecular weight is 381 g/mol. The summed E-state index contributed by atoms with van der Waals surface area (Å²) in [5.74, 6) is -0.697. The Kier molecular flexibility index (Phi) is 5.93. The Morgan fingerprint density at radius 2 is 2.00 bits per heavy atom. The molecule has 0 fully saturated rings. The molecule has 1 heterocycles. The summed E-state index contributed by atoms with van der Waals surface area (Å²) in [4.78, 5) is 39.0. The Labute approximate surface area is 163 Å². The lowest BCUT2D eigenvalue weighted by molar-refractivity contribution is -0.137. The van der Waals surface area contributed by atoms with E-state index in [1.54, 1.807) is 37.4 Å². The van der Waals surface area contributed by atoms with E-state index in [1.165, 1.54) is 4.90 Å². The number of para-hydroxylation sites is 1. The van der Waals surface area contributed by atoms with Gasteiger partial charge in [0.05, 0.1) is 19.6 Å². The number of hydrogen-bond acceptors (Lipinski definition) is 4. The minimum Gasteiger partial charge on any atom is -0.497 e. The topological polar surface area (TPSA) is 87.7 Å². The van der Waals surface area contributed by atoms with E-state index in [-0.39, 0.29) is 30.7 Å². The van der Waals surface area contributed by atoms with Crippen molar-refractivity contribution >= 4 is 29.1 Å². The first kappa shape index (κ1) is 19.4. The molecular formula is C21H23N3O4. The van der Waals surface area contributed by atoms with Gasteiger partial charge in [0.1, 0.15) is 5.75 Å². The van der Waals surface area contributed by atoms with Crippen molar-refractivity contribution in [1.29, 1.82) is 0 Å². The smallest absolute Gasteiger partial charge is 0.243 e. The highest BCUT2D eigenvalue weighted by Gasteiger charge is 2.33. The van der Waals surface area contributed by atoms with Crippen molar-refractivity contribution in [2.75, 3.05) is 30.8 Å². The van der Waals surface area contributed by atoms with Crippen LogP contribution in [0.3, 0.4) is 0 Å². The maximum atomic E-state index is 13.1. The number of carbonyl (C=O) groups is 3. The van der Waals surface area contributed by atoms with Gasteiger partial charge in [-0.2, -0.15) is 0 Å². The molecule has 1 unspecified atom stereocenters. The summed E-state index contributed by atoms with van der Waals surface area (Å²) in [6, 6.07) is 14.3. The molecule has 3 amide bonds. The third-order valence-corrected chi connectivity index (χ3v) is 4.68. The van der Waals surface area contributed by atoms with Crippen LogP contribution in [0, 0.1) is 0 Å². The first-order chi connectivity index (χ1) is 13.5. The lowest BCUT2D eigenvalue weighted by atomic mass is 9.89. The first-order valence-corrected chi connectivity index (χ1v) is 9.13. The first-order valence-electron chi connectivity index (χ1n) is 9.13. The summed E-state index contributed by atoms with van der Waals surface area (Å²) >= 11 is 0. The standard InChI is InChI=1S/C21H23N3O4/c1-3-24(13-20(26)22-14-7-6-8-15(11-14)28-2)21(27)17-12-19(25)23-18-10-5-4-9-16(17)18/h4-11,17H,3,12-13H2,1-2H3,(H,22,26)(H,23,25). The van der Waals surface area contributed by atoms with Gasteiger partial charge in [-0.3, -0.25) is 14.4 Å². The Morgan fingerprint density at radius 1 is 1.21 bits per heavy atom. The predicted octanol–water partition coefficient (Wildman–Crippen LogP) is 2.61. The summed E-state index contributed by atoms with van der Waals surface area (Å²) in [5.41, 5.74) is 2.02. The Hall–Kier alpha value is -3.35. The summed E-state index contributed by atoms with van der Waals surface area (Å²) < 4.78 is 5.15. The molecule has 7 heteroatoms. The molecule has 0 bridgehead atoms. The highest BCUT2D eigenvalue weighted by Crippen LogP contribution is 2.33. The van der Waals surface area contributed by atoms with Gasteiger partial charge >= 0.3 is 0 Å². The number of amides is 3. The molecule has 2 N–H and O–H groups in total. The van der Waals surface area contributed by atoms with Gasteiger partial charge in [-0.25, -0.2) is 0 Å². The van der Waals surface area contributed by atoms with Crippen molar-refractivity contribution in [3.8, 4) is 5.75 Å². The number of hydrogen-bond donors (Lipinski definition) is 2. The van der Waals surface area contributed by atoms with E-state index in [2.05, 4.69) is 10.6 Å². The van der Waals surface area contributed by atoms with Gasteiger partial charge in [-0.1, -0.05) is 24.3 Å². The van der Waals surface area contributed by atoms with E-state index >= 15 is 0 Å². The van der Waals surface area contributed by atoms with Crippen molar-refractivity contribution in [3.63, 3.8) is 0 Å². The molecule has 1 aliphatic rings. The zero-order chi connectivity index (χ0) is 20.1. The van der Waals surface area contributed by atoms with E-state index in [0.29, 0.717) is 23.7 Å². The van der Waals surface area contributed by atoms with Gasteiger partial charge in [-0.05, 0) is 30.7 Å². The number of methoxy groups -OCH3 is 1. The maximum absolute atomic E-state index is 13.1. The second-order valence-corrected chi connectivity index (χ2v) is 6.52. The molecule has 146 valence electrons. The van der Waals surface area contributed by atoms with E-state index in [4.69, 9.17) is 4.74 Å². The normalized spacial score (nSPS) is 15.2. The molecule has 7 nitrogen and oxygen atoms in total. The molecule has 0 saturated carbocycles. The molecule has 0 aromatic heterocycles. The average Bonchev–Trinajstić information content (AvgIpc) is 2.71. The zero-order valence-corrected chi connectivity index (χ0v) is 15.9. The van der Waals surface area contributed by atoms with Crippen molar-refractivity contribution in [1.82, 2.24) is 4.90 Å². The molecule has 28 heavy (non-hydrogen) atoms. The summed E-state index contributed by atoms with van der Waals surface area (Å²) in [6.07, 6.45) is 0.0733. The Bertz CT molecular complexity index is 897. The van der Waals surface area contributed by atoms with Crippen LogP contribution in [0.5, 0.6) is 5.75 Å². The van der Waals surface area contributed by atoms with Crippen LogP contribution in [0.25, 0.3) is 0 Å². The van der Waals surface area contributed by atoms with Gasteiger partial charge in [-0.15, -0.1) is 0 Å². The number of nitrogens with one attached hydrogen (secondary N) is 2. The van der Waals surface area contributed by atoms with Crippen LogP contribution in [0.4, 0.5) is 11.4 Å². The molecule has 1 aliphatic heterocycles. The predicted molar refractivity (Wildman–Crippen MR) is 106 cm³/mol. The maximum Gasteiger partial charge on any atom is 0.243 e. The third-order valence-electron chi connectivity index (χ3n) is 4.68. The fourth-order valence-corrected chi connectivity index (χ4v) is 3.27. The van der Waals surface area contributed by atoms with Crippen LogP contribution in [-0.2, 0) is 14.4 Å². The van der Waals surface area contributed by atoms with E-state index in [0.717, 1.165) is 5.56 Å². The lowest BCUT2D eigenvalue weighted by Gasteiger charge is -2.29. The van der Waals surface area contributed by atoms with Gasteiger partial charge in [0.25, 0.3) is 0 Å². The fraction of sp³-hybridized carbons (Fsp3) is 0.286. The quantitative estimate of drug-likeness (QED) is 0.805. The van der Waals surface area contributed by atoms with Gasteiger partial charge in [0, 0.05) is 30.4 Å². The molecular weight excluding hydrogens is 358 g/mol. The number of benzene rings is 2. The van der Waals surface area contributed by atoms with Crippen molar-refractivity contribution in [2.24, 2.45) is 0 Å². The number of anilines is 2. The summed E-state index contributed by atoms with van der Waals surface area (Å²) in [5, 5.41) is 5.56. The number of nitrogens with zero attached hydrogens (tertiary/aromatic N) is 1. The number of ether oxygens (including phenoxy) is 1. The minimum absolute atomic E-state index is 0.0733. The molecule has 2 aromatic rings. The number of fused-ring (bicyclic) bond motifs is 1. The van der Waals surface area contributed by atoms with Gasteiger partial charge < -0.3 is 20.3 Å². The van der Waals surface area contributed by atoms with Crippen LogP contribution in [0.1, 0.15) is 24.8 Å². The van der Waals surface area contributed by atoms with Crippen LogP contribution < -0.4 is 15.4 Å². The number of rotatable bonds is 6. The fourth-order valence-electron chi connectivity index (χ4n) is 3.27. The molecule has 0 spiro atoms. The highest BCUT2D eigenvalue weighted by molar-refractivity contribution is 6.02. The van der Waals surface area contributed by atoms with Crippen molar-refractivity contribution in [2.45, 2.75) is 19.3 Å². The van der Waals surface area contributed by atoms with Crippen LogP contribution in [0.15, 0.2) is 48.5 Å². The summed E-state index contributed by atoms with van der Waals surface area (Å²) in [7, 11) is 1.55. The third kappa shape index (κ3) is 4.31. The van der Waals surface area contributed by atoms with Crippen molar-refractivity contribution < 1.29 is 19.1 Å². The molecule has 0 aliphatic carbocycles. The van der Waals surface area contributed by atoms with Gasteiger partial charge in [0.2, 0.25) is 17.7 Å². The van der Waals surface area contributed by atoms with Gasteiger partial charge in [0.15, 0.2) is 0 Å². The van der Waals surface area contributed by atoms with Crippen molar-refractivity contribution in [3.05, 3.63) is 54.1 Å². The molecule has 1 atom stereocenters. The van der Waals surface area contributed by atoms with Crippen LogP contribution in [-0.4, -0.2) is 42.8 Å². The molecule has 2 aromatic carbocycles. The summed E-state index contributed by atoms with van der Waals surface area (Å²) in [6.45, 7) is 2.09. The largest absolute Gasteiger partial charge is 0.497 e. The minimum atomic E-state index is -0.588. The lowest BCUT2D eigenvalue weighted by Crippen LogP contribution is -2.42. The SMILES string of the molecule is CCN(CC(=O)Nc1cccc(OC)c1)C(=O)C1CC(=O)Nc2ccccc21. The monoisotopic (exact) mass is 381 g/mol. The number of likely N-dealkylation sites (N-methyl/N-ethyl adjacent to an activating group) is 1. The van der Waals surface area contributed by atoms with Crippen LogP contribution in [0.2, 0.25) is 0 Å². The molecule has 3 rings (SSSR count). The van der Waals surface area contributed by atoms with E-state index < -0.39 is 5.92 Å². The molecule has 0 saturated heterocycles.